The van der Waals surface area contributed by atoms with Crippen LogP contribution in [0.1, 0.15) is 39.0 Å². The van der Waals surface area contributed by atoms with Crippen LogP contribution in [-0.2, 0) is 0 Å². The molecule has 2 rings (SSSR count). The van der Waals surface area contributed by atoms with Crippen molar-refractivity contribution in [3.05, 3.63) is 61.5 Å². The Morgan fingerprint density at radius 1 is 1.26 bits per heavy atom. The Morgan fingerprint density at radius 2 is 1.95 bits per heavy atom. The van der Waals surface area contributed by atoms with Crippen LogP contribution in [0.5, 0.6) is 0 Å². The lowest BCUT2D eigenvalue weighted by molar-refractivity contribution is 0.0720. The van der Waals surface area contributed by atoms with Crippen LogP contribution >= 0.6 is 0 Å². The number of nitrogens with one attached hydrogen (secondary N) is 1. The van der Waals surface area contributed by atoms with Gasteiger partial charge in [-0.05, 0) is 50.6 Å². The van der Waals surface area contributed by atoms with Crippen LogP contribution in [0.3, 0.4) is 0 Å². The molecule has 0 aromatic carbocycles. The van der Waals surface area contributed by atoms with Crippen LogP contribution in [0.25, 0.3) is 0 Å². The molecule has 0 aromatic rings. The molecule has 1 spiro atoms. The summed E-state index contributed by atoms with van der Waals surface area (Å²) >= 11 is 0. The van der Waals surface area contributed by atoms with Crippen molar-refractivity contribution in [2.75, 3.05) is 0 Å². The molecule has 0 saturated heterocycles. The second-order valence-electron chi connectivity index (χ2n) is 6.21. The lowest BCUT2D eigenvalue weighted by Crippen LogP contribution is -2.42. The second kappa shape index (κ2) is 5.24. The molecule has 2 fully saturated rings. The number of hydrogen-bond donors (Lipinski definition) is 1. The van der Waals surface area contributed by atoms with Gasteiger partial charge in [0.1, 0.15) is 0 Å². The van der Waals surface area contributed by atoms with Crippen molar-refractivity contribution in [3.8, 4) is 0 Å². The van der Waals surface area contributed by atoms with E-state index in [0.29, 0.717) is 5.41 Å². The average molecular weight is 255 g/mol. The third-order valence-electron chi connectivity index (χ3n) is 4.63. The van der Waals surface area contributed by atoms with Gasteiger partial charge < -0.3 is 5.32 Å². The highest BCUT2D eigenvalue weighted by Crippen LogP contribution is 2.71. The van der Waals surface area contributed by atoms with Crippen LogP contribution in [0.2, 0.25) is 0 Å². The summed E-state index contributed by atoms with van der Waals surface area (Å²) in [7, 11) is 0. The topological polar surface area (TPSA) is 12.0 Å². The van der Waals surface area contributed by atoms with Gasteiger partial charge in [-0.2, -0.15) is 0 Å². The minimum absolute atomic E-state index is 0.247. The van der Waals surface area contributed by atoms with E-state index in [9.17, 15) is 0 Å². The summed E-state index contributed by atoms with van der Waals surface area (Å²) in [6.07, 6.45) is 16.6. The third kappa shape index (κ3) is 2.91. The maximum absolute atomic E-state index is 4.21. The fourth-order valence-electron chi connectivity index (χ4n) is 3.25. The van der Waals surface area contributed by atoms with E-state index in [1.807, 2.05) is 6.08 Å². The van der Waals surface area contributed by atoms with Gasteiger partial charge in [0.05, 0.1) is 0 Å². The van der Waals surface area contributed by atoms with E-state index >= 15 is 0 Å². The van der Waals surface area contributed by atoms with Gasteiger partial charge in [0.15, 0.2) is 0 Å². The maximum Gasteiger partial charge on any atom is 0.0143 e. The SMILES string of the molecule is C=CNC(=C)C1(C/C=C\C=C(\C)C=C)CC2(CC2)C1. The molecular weight excluding hydrogens is 230 g/mol. The molecular formula is C18H25N. The molecule has 0 amide bonds. The first-order valence-electron chi connectivity index (χ1n) is 7.09. The van der Waals surface area contributed by atoms with Gasteiger partial charge >= 0.3 is 0 Å². The highest BCUT2D eigenvalue weighted by molar-refractivity contribution is 5.26. The molecule has 102 valence electrons. The van der Waals surface area contributed by atoms with Crippen LogP contribution in [0, 0.1) is 10.8 Å². The third-order valence-corrected chi connectivity index (χ3v) is 4.63. The predicted molar refractivity (Wildman–Crippen MR) is 83.5 cm³/mol. The van der Waals surface area contributed by atoms with Crippen molar-refractivity contribution in [2.45, 2.75) is 39.0 Å². The van der Waals surface area contributed by atoms with E-state index in [-0.39, 0.29) is 5.41 Å². The normalized spacial score (nSPS) is 22.9. The van der Waals surface area contributed by atoms with Crippen molar-refractivity contribution >= 4 is 0 Å². The van der Waals surface area contributed by atoms with E-state index in [1.165, 1.54) is 31.3 Å². The van der Waals surface area contributed by atoms with Gasteiger partial charge in [-0.25, -0.2) is 0 Å². The summed E-state index contributed by atoms with van der Waals surface area (Å²) in [4.78, 5) is 0. The fraction of sp³-hybridized carbons (Fsp3) is 0.444. The Balaban J connectivity index is 1.97. The van der Waals surface area contributed by atoms with E-state index in [0.717, 1.165) is 12.1 Å². The molecule has 0 aromatic heterocycles. The molecule has 1 heteroatoms. The Bertz CT molecular complexity index is 438. The Labute approximate surface area is 117 Å². The minimum Gasteiger partial charge on any atom is -0.366 e. The van der Waals surface area contributed by atoms with Crippen LogP contribution in [0.4, 0.5) is 0 Å². The first kappa shape index (κ1) is 13.9. The first-order chi connectivity index (χ1) is 9.06. The largest absolute Gasteiger partial charge is 0.366 e. The molecule has 2 aliphatic rings. The predicted octanol–water partition coefficient (Wildman–Crippen LogP) is 4.87. The van der Waals surface area contributed by atoms with Gasteiger partial charge in [-0.1, -0.05) is 49.6 Å². The van der Waals surface area contributed by atoms with Crippen LogP contribution < -0.4 is 5.32 Å². The van der Waals surface area contributed by atoms with Crippen molar-refractivity contribution in [2.24, 2.45) is 10.8 Å². The standard InChI is InChI=1S/C18H25N/c1-5-15(3)9-7-8-10-18(16(4)19-6-2)13-17(14-18)11-12-17/h5-9,19H,1-2,4,10-14H2,3H3/b8-7-,15-9-. The zero-order valence-electron chi connectivity index (χ0n) is 12.0. The summed E-state index contributed by atoms with van der Waals surface area (Å²) in [6.45, 7) is 13.8. The highest BCUT2D eigenvalue weighted by Gasteiger charge is 2.61. The minimum atomic E-state index is 0.247. The van der Waals surface area contributed by atoms with Crippen molar-refractivity contribution < 1.29 is 0 Å². The van der Waals surface area contributed by atoms with E-state index in [1.54, 1.807) is 6.20 Å². The molecule has 0 bridgehead atoms. The van der Waals surface area contributed by atoms with Crippen molar-refractivity contribution in [3.63, 3.8) is 0 Å². The van der Waals surface area contributed by atoms with Gasteiger partial charge in [-0.15, -0.1) is 0 Å². The lowest BCUT2D eigenvalue weighted by Gasteiger charge is -2.49. The highest BCUT2D eigenvalue weighted by atomic mass is 14.9. The zero-order valence-corrected chi connectivity index (χ0v) is 12.0. The molecule has 1 N–H and O–H groups in total. The summed E-state index contributed by atoms with van der Waals surface area (Å²) in [5, 5.41) is 3.22. The van der Waals surface area contributed by atoms with Gasteiger partial charge in [0.2, 0.25) is 0 Å². The van der Waals surface area contributed by atoms with Crippen molar-refractivity contribution in [1.29, 1.82) is 0 Å². The number of hydrogen-bond acceptors (Lipinski definition) is 1. The summed E-state index contributed by atoms with van der Waals surface area (Å²) < 4.78 is 0. The molecule has 2 aliphatic carbocycles. The molecule has 0 unspecified atom stereocenters. The zero-order chi connectivity index (χ0) is 13.9. The second-order valence-corrected chi connectivity index (χ2v) is 6.21. The fourth-order valence-corrected chi connectivity index (χ4v) is 3.25. The quantitative estimate of drug-likeness (QED) is 0.640. The molecule has 2 saturated carbocycles. The van der Waals surface area contributed by atoms with E-state index in [2.05, 4.69) is 50.2 Å². The number of allylic oxidation sites excluding steroid dienone is 6. The molecule has 0 aliphatic heterocycles. The summed E-state index contributed by atoms with van der Waals surface area (Å²) in [6, 6.07) is 0. The van der Waals surface area contributed by atoms with E-state index in [4.69, 9.17) is 0 Å². The molecule has 0 heterocycles. The first-order valence-corrected chi connectivity index (χ1v) is 7.09. The Hall–Kier alpha value is -1.50. The molecule has 19 heavy (non-hydrogen) atoms. The summed E-state index contributed by atoms with van der Waals surface area (Å²) in [5.74, 6) is 0. The number of rotatable bonds is 7. The summed E-state index contributed by atoms with van der Waals surface area (Å²) in [5.41, 5.74) is 3.25. The molecule has 0 atom stereocenters. The van der Waals surface area contributed by atoms with Gasteiger partial charge in [0.25, 0.3) is 0 Å². The van der Waals surface area contributed by atoms with E-state index < -0.39 is 0 Å². The molecule has 1 nitrogen and oxygen atoms in total. The average Bonchev–Trinajstić information content (AvgIpc) is 3.13. The smallest absolute Gasteiger partial charge is 0.0143 e. The molecule has 0 radical (unpaired) electrons. The van der Waals surface area contributed by atoms with Gasteiger partial charge in [-0.3, -0.25) is 0 Å². The Morgan fingerprint density at radius 3 is 2.47 bits per heavy atom. The van der Waals surface area contributed by atoms with Crippen molar-refractivity contribution in [1.82, 2.24) is 5.32 Å². The van der Waals surface area contributed by atoms with Crippen LogP contribution in [-0.4, -0.2) is 0 Å². The van der Waals surface area contributed by atoms with Crippen LogP contribution in [0.15, 0.2) is 61.5 Å². The lowest BCUT2D eigenvalue weighted by atomic mass is 9.56. The van der Waals surface area contributed by atoms with Gasteiger partial charge in [0, 0.05) is 11.1 Å². The monoisotopic (exact) mass is 255 g/mol. The maximum atomic E-state index is 4.21. The Kier molecular flexibility index (Phi) is 3.84.